The van der Waals surface area contributed by atoms with Gasteiger partial charge in [0, 0.05) is 0 Å². The molecule has 0 bridgehead atoms. The number of phosphoric acid groups is 1. The summed E-state index contributed by atoms with van der Waals surface area (Å²) >= 11 is 0. The molecule has 182 valence electrons. The van der Waals surface area contributed by atoms with Crippen LogP contribution in [0.5, 0.6) is 0 Å². The monoisotopic (exact) mass is 490 g/mol. The fourth-order valence-electron chi connectivity index (χ4n) is 3.18. The highest BCUT2D eigenvalue weighted by molar-refractivity contribution is 7.48. The molecule has 0 radical (unpaired) electrons. The van der Waals surface area contributed by atoms with Crippen LogP contribution in [0.1, 0.15) is 25.0 Å². The van der Waals surface area contributed by atoms with E-state index in [9.17, 15) is 22.8 Å². The molecule has 33 heavy (non-hydrogen) atoms. The van der Waals surface area contributed by atoms with Crippen molar-refractivity contribution in [1.82, 2.24) is 0 Å². The van der Waals surface area contributed by atoms with E-state index in [4.69, 9.17) is 23.0 Å². The van der Waals surface area contributed by atoms with Gasteiger partial charge in [-0.05, 0) is 25.0 Å². The summed E-state index contributed by atoms with van der Waals surface area (Å²) in [6.07, 6.45) is -10.9. The van der Waals surface area contributed by atoms with Crippen molar-refractivity contribution in [3.63, 3.8) is 0 Å². The molecule has 3 atom stereocenters. The first kappa shape index (κ1) is 25.8. The topological polar surface area (TPSA) is 83.5 Å². The van der Waals surface area contributed by atoms with E-state index < -0.39 is 44.7 Å². The highest BCUT2D eigenvalue weighted by Crippen LogP contribution is 2.52. The zero-order valence-corrected chi connectivity index (χ0v) is 19.0. The number of phosphoric ester groups is 1. The number of aliphatic hydroxyl groups excluding tert-OH is 1. The van der Waals surface area contributed by atoms with E-state index in [0.717, 1.165) is 0 Å². The smallest absolute Gasteiger partial charge is 0.381 e. The maximum absolute atomic E-state index is 13.3. The normalized spacial score (nSPS) is 21.8. The Morgan fingerprint density at radius 1 is 0.939 bits per heavy atom. The molecule has 3 rings (SSSR count). The summed E-state index contributed by atoms with van der Waals surface area (Å²) in [5.74, 6) is -1.41. The largest absolute Gasteiger partial charge is 0.475 e. The van der Waals surface area contributed by atoms with Gasteiger partial charge in [-0.3, -0.25) is 13.6 Å². The zero-order chi connectivity index (χ0) is 24.1. The summed E-state index contributed by atoms with van der Waals surface area (Å²) in [5, 5.41) is 9.70. The third-order valence-corrected chi connectivity index (χ3v) is 6.09. The molecule has 0 spiro atoms. The molecule has 1 fully saturated rings. The number of hydrogen-bond donors (Lipinski definition) is 1. The first-order valence-corrected chi connectivity index (χ1v) is 11.7. The van der Waals surface area contributed by atoms with E-state index in [1.54, 1.807) is 60.7 Å². The lowest BCUT2D eigenvalue weighted by Gasteiger charge is -2.25. The van der Waals surface area contributed by atoms with Gasteiger partial charge in [0.2, 0.25) is 0 Å². The van der Waals surface area contributed by atoms with Crippen LogP contribution in [0.3, 0.4) is 0 Å². The average molecular weight is 490 g/mol. The summed E-state index contributed by atoms with van der Waals surface area (Å²) in [4.78, 5) is 0. The number of ether oxygens (including phenoxy) is 2. The van der Waals surface area contributed by atoms with Gasteiger partial charge in [-0.1, -0.05) is 60.7 Å². The Labute approximate surface area is 190 Å². The maximum atomic E-state index is 13.3. The average Bonchev–Trinajstić information content (AvgIpc) is 3.10. The second-order valence-electron chi connectivity index (χ2n) is 7.89. The van der Waals surface area contributed by atoms with Gasteiger partial charge < -0.3 is 14.6 Å². The summed E-state index contributed by atoms with van der Waals surface area (Å²) in [6, 6.07) is 17.7. The van der Waals surface area contributed by atoms with E-state index >= 15 is 0 Å². The van der Waals surface area contributed by atoms with Crippen LogP contribution in [-0.4, -0.2) is 42.0 Å². The Kier molecular flexibility index (Phi) is 8.34. The SMILES string of the molecule is CC1(C)O[C@H](C(O)C(F)(F)F)[C@@H](COP(=O)(OCc2ccccc2)OCc2ccccc2)O1. The summed E-state index contributed by atoms with van der Waals surface area (Å²) < 4.78 is 79.5. The van der Waals surface area contributed by atoms with Crippen LogP contribution in [0.25, 0.3) is 0 Å². The van der Waals surface area contributed by atoms with Crippen molar-refractivity contribution in [3.05, 3.63) is 71.8 Å². The Hall–Kier alpha value is -1.78. The maximum Gasteiger partial charge on any atom is 0.475 e. The highest BCUT2D eigenvalue weighted by Gasteiger charge is 2.54. The standard InChI is InChI=1S/C22H26F3O7P/c1-21(2)31-18(19(32-21)20(26)22(23,24)25)15-30-33(27,28-13-16-9-5-3-6-10-16)29-14-17-11-7-4-8-12-17/h3-12,18-20,26H,13-15H2,1-2H3/t18-,19+,20?/m1/s1. The van der Waals surface area contributed by atoms with Crippen LogP contribution in [0.15, 0.2) is 60.7 Å². The lowest BCUT2D eigenvalue weighted by atomic mass is 10.1. The number of rotatable bonds is 10. The van der Waals surface area contributed by atoms with Crippen molar-refractivity contribution >= 4 is 7.82 Å². The van der Waals surface area contributed by atoms with Gasteiger partial charge in [0.05, 0.1) is 19.8 Å². The minimum atomic E-state index is -4.94. The second-order valence-corrected chi connectivity index (χ2v) is 9.56. The predicted molar refractivity (Wildman–Crippen MR) is 112 cm³/mol. The van der Waals surface area contributed by atoms with E-state index in [1.807, 2.05) is 0 Å². The van der Waals surface area contributed by atoms with Gasteiger partial charge in [-0.25, -0.2) is 4.57 Å². The molecule has 1 aliphatic heterocycles. The van der Waals surface area contributed by atoms with E-state index in [1.165, 1.54) is 13.8 Å². The lowest BCUT2D eigenvalue weighted by molar-refractivity contribution is -0.242. The van der Waals surface area contributed by atoms with Crippen LogP contribution in [0.2, 0.25) is 0 Å². The second kappa shape index (κ2) is 10.7. The fourth-order valence-corrected chi connectivity index (χ4v) is 4.35. The van der Waals surface area contributed by atoms with Crippen molar-refractivity contribution in [2.45, 2.75) is 57.3 Å². The summed E-state index contributed by atoms with van der Waals surface area (Å²) in [6.45, 7) is 1.95. The molecule has 2 aromatic rings. The molecule has 2 aromatic carbocycles. The first-order valence-electron chi connectivity index (χ1n) is 10.2. The zero-order valence-electron chi connectivity index (χ0n) is 18.1. The van der Waals surface area contributed by atoms with Crippen LogP contribution in [0, 0.1) is 0 Å². The number of aliphatic hydroxyl groups is 1. The van der Waals surface area contributed by atoms with Gasteiger partial charge in [-0.2, -0.15) is 13.2 Å². The minimum Gasteiger partial charge on any atom is -0.381 e. The van der Waals surface area contributed by atoms with E-state index in [0.29, 0.717) is 11.1 Å². The van der Waals surface area contributed by atoms with Crippen molar-refractivity contribution in [2.75, 3.05) is 6.61 Å². The third-order valence-electron chi connectivity index (χ3n) is 4.73. The molecule has 0 saturated carbocycles. The van der Waals surface area contributed by atoms with Crippen molar-refractivity contribution in [3.8, 4) is 0 Å². The van der Waals surface area contributed by atoms with Crippen molar-refractivity contribution < 1.29 is 45.9 Å². The van der Waals surface area contributed by atoms with Gasteiger partial charge in [-0.15, -0.1) is 0 Å². The Bertz CT molecular complexity index is 877. The van der Waals surface area contributed by atoms with Crippen molar-refractivity contribution in [1.29, 1.82) is 0 Å². The highest BCUT2D eigenvalue weighted by atomic mass is 31.2. The number of alkyl halides is 3. The molecule has 0 aromatic heterocycles. The predicted octanol–water partition coefficient (Wildman–Crippen LogP) is 4.99. The lowest BCUT2D eigenvalue weighted by Crippen LogP contribution is -2.46. The van der Waals surface area contributed by atoms with Crippen LogP contribution in [0.4, 0.5) is 13.2 Å². The fraction of sp³-hybridized carbons (Fsp3) is 0.455. The van der Waals surface area contributed by atoms with Gasteiger partial charge in [0.25, 0.3) is 0 Å². The van der Waals surface area contributed by atoms with E-state index in [-0.39, 0.29) is 13.2 Å². The molecule has 0 aliphatic carbocycles. The van der Waals surface area contributed by atoms with Crippen LogP contribution in [-0.2, 0) is 40.8 Å². The van der Waals surface area contributed by atoms with Crippen LogP contribution < -0.4 is 0 Å². The van der Waals surface area contributed by atoms with Crippen LogP contribution >= 0.6 is 7.82 Å². The molecule has 1 aliphatic rings. The van der Waals surface area contributed by atoms with Gasteiger partial charge in [0.1, 0.15) is 12.2 Å². The van der Waals surface area contributed by atoms with E-state index in [2.05, 4.69) is 0 Å². The van der Waals surface area contributed by atoms with Crippen molar-refractivity contribution in [2.24, 2.45) is 0 Å². The summed E-state index contributed by atoms with van der Waals surface area (Å²) in [7, 11) is -4.24. The minimum absolute atomic E-state index is 0.116. The molecule has 7 nitrogen and oxygen atoms in total. The molecular formula is C22H26F3O7P. The number of halogens is 3. The van der Waals surface area contributed by atoms with Gasteiger partial charge in [0.15, 0.2) is 11.9 Å². The third kappa shape index (κ3) is 7.61. The molecule has 11 heteroatoms. The molecule has 1 unspecified atom stereocenters. The Morgan fingerprint density at radius 2 is 1.42 bits per heavy atom. The molecule has 1 saturated heterocycles. The Balaban J connectivity index is 1.71. The molecule has 0 amide bonds. The Morgan fingerprint density at radius 3 is 1.88 bits per heavy atom. The number of hydrogen-bond acceptors (Lipinski definition) is 7. The quantitative estimate of drug-likeness (QED) is 0.470. The molecule has 1 N–H and O–H groups in total. The summed E-state index contributed by atoms with van der Waals surface area (Å²) in [5.41, 5.74) is 1.38. The first-order chi connectivity index (χ1) is 15.5. The molecular weight excluding hydrogens is 464 g/mol. The number of benzene rings is 2. The molecule has 1 heterocycles. The van der Waals surface area contributed by atoms with Gasteiger partial charge >= 0.3 is 14.0 Å².